The summed E-state index contributed by atoms with van der Waals surface area (Å²) in [5.74, 6) is 0.944. The second kappa shape index (κ2) is 6.31. The molecule has 2 heteroatoms. The fourth-order valence-corrected chi connectivity index (χ4v) is 3.08. The van der Waals surface area contributed by atoms with Gasteiger partial charge in [0.05, 0.1) is 6.04 Å². The highest BCUT2D eigenvalue weighted by Crippen LogP contribution is 2.26. The molecule has 0 saturated carbocycles. The Labute approximate surface area is 126 Å². The van der Waals surface area contributed by atoms with Crippen molar-refractivity contribution >= 4 is 0 Å². The largest absolute Gasteiger partial charge is 0.492 e. The first kappa shape index (κ1) is 14.2. The summed E-state index contributed by atoms with van der Waals surface area (Å²) in [6, 6.07) is 14.6. The van der Waals surface area contributed by atoms with Gasteiger partial charge in [-0.2, -0.15) is 0 Å². The van der Waals surface area contributed by atoms with E-state index in [1.165, 1.54) is 42.4 Å². The first-order valence-electron chi connectivity index (χ1n) is 7.80. The van der Waals surface area contributed by atoms with Crippen LogP contribution >= 0.6 is 0 Å². The van der Waals surface area contributed by atoms with Crippen LogP contribution in [0.4, 0.5) is 0 Å². The Balaban J connectivity index is 1.66. The van der Waals surface area contributed by atoms with E-state index in [0.29, 0.717) is 6.61 Å². The molecule has 0 heterocycles. The van der Waals surface area contributed by atoms with Crippen LogP contribution in [0.5, 0.6) is 5.75 Å². The minimum Gasteiger partial charge on any atom is -0.492 e. The summed E-state index contributed by atoms with van der Waals surface area (Å²) in [6.07, 6.45) is 4.99. The average Bonchev–Trinajstić information content (AvgIpc) is 2.53. The fraction of sp³-hybridized carbons (Fsp3) is 0.368. The lowest BCUT2D eigenvalue weighted by atomic mass is 9.92. The lowest BCUT2D eigenvalue weighted by molar-refractivity contribution is 0.290. The Hall–Kier alpha value is -1.80. The van der Waals surface area contributed by atoms with Gasteiger partial charge < -0.3 is 10.5 Å². The van der Waals surface area contributed by atoms with Crippen molar-refractivity contribution in [3.8, 4) is 5.75 Å². The summed E-state index contributed by atoms with van der Waals surface area (Å²) < 4.78 is 5.92. The predicted octanol–water partition coefficient (Wildman–Crippen LogP) is 3.95. The zero-order valence-corrected chi connectivity index (χ0v) is 12.6. The monoisotopic (exact) mass is 281 g/mol. The molecule has 0 saturated heterocycles. The highest BCUT2D eigenvalue weighted by Gasteiger charge is 2.12. The first-order chi connectivity index (χ1) is 10.2. The van der Waals surface area contributed by atoms with Gasteiger partial charge in [0.15, 0.2) is 0 Å². The van der Waals surface area contributed by atoms with Crippen LogP contribution < -0.4 is 10.5 Å². The molecule has 1 aliphatic carbocycles. The Morgan fingerprint density at radius 3 is 2.62 bits per heavy atom. The van der Waals surface area contributed by atoms with Crippen molar-refractivity contribution in [3.63, 3.8) is 0 Å². The van der Waals surface area contributed by atoms with Crippen molar-refractivity contribution in [1.82, 2.24) is 0 Å². The van der Waals surface area contributed by atoms with E-state index in [0.717, 1.165) is 11.3 Å². The lowest BCUT2D eigenvalue weighted by Gasteiger charge is -2.19. The Kier molecular flexibility index (Phi) is 4.26. The van der Waals surface area contributed by atoms with Crippen LogP contribution in [0.15, 0.2) is 42.5 Å². The number of hydrogen-bond acceptors (Lipinski definition) is 2. The van der Waals surface area contributed by atoms with E-state index in [-0.39, 0.29) is 6.04 Å². The van der Waals surface area contributed by atoms with E-state index >= 15 is 0 Å². The highest BCUT2D eigenvalue weighted by atomic mass is 16.5. The summed E-state index contributed by atoms with van der Waals surface area (Å²) in [7, 11) is 0. The van der Waals surface area contributed by atoms with Crippen molar-refractivity contribution < 1.29 is 4.74 Å². The molecular weight excluding hydrogens is 258 g/mol. The van der Waals surface area contributed by atoms with E-state index < -0.39 is 0 Å². The van der Waals surface area contributed by atoms with Gasteiger partial charge in [0.2, 0.25) is 0 Å². The fourth-order valence-electron chi connectivity index (χ4n) is 3.08. The third-order valence-electron chi connectivity index (χ3n) is 4.34. The molecule has 110 valence electrons. The van der Waals surface area contributed by atoms with Crippen molar-refractivity contribution in [1.29, 1.82) is 0 Å². The van der Waals surface area contributed by atoms with E-state index in [9.17, 15) is 0 Å². The molecule has 0 spiro atoms. The van der Waals surface area contributed by atoms with Crippen LogP contribution in [0, 0.1) is 6.92 Å². The standard InChI is InChI=1S/C19H23NO/c1-14-6-2-5-9-18(14)19(20)13-21-17-11-10-15-7-3-4-8-16(15)12-17/h2,5-6,9-12,19H,3-4,7-8,13,20H2,1H3. The summed E-state index contributed by atoms with van der Waals surface area (Å²) >= 11 is 0. The molecule has 3 rings (SSSR count). The number of hydrogen-bond donors (Lipinski definition) is 1. The van der Waals surface area contributed by atoms with Crippen LogP contribution in [0.1, 0.15) is 41.1 Å². The van der Waals surface area contributed by atoms with Gasteiger partial charge in [-0.1, -0.05) is 30.3 Å². The zero-order chi connectivity index (χ0) is 14.7. The number of aryl methyl sites for hydroxylation is 3. The van der Waals surface area contributed by atoms with E-state index in [1.807, 2.05) is 12.1 Å². The van der Waals surface area contributed by atoms with Gasteiger partial charge in [-0.05, 0) is 67.0 Å². The highest BCUT2D eigenvalue weighted by molar-refractivity contribution is 5.37. The third-order valence-corrected chi connectivity index (χ3v) is 4.34. The number of benzene rings is 2. The minimum absolute atomic E-state index is 0.0813. The Bertz CT molecular complexity index is 621. The first-order valence-corrected chi connectivity index (χ1v) is 7.80. The summed E-state index contributed by atoms with van der Waals surface area (Å²) in [5, 5.41) is 0. The molecule has 21 heavy (non-hydrogen) atoms. The van der Waals surface area contributed by atoms with Crippen LogP contribution in [0.25, 0.3) is 0 Å². The van der Waals surface area contributed by atoms with Crippen LogP contribution in [-0.4, -0.2) is 6.61 Å². The van der Waals surface area contributed by atoms with Crippen molar-refractivity contribution in [2.75, 3.05) is 6.61 Å². The SMILES string of the molecule is Cc1ccccc1C(N)COc1ccc2c(c1)CCCC2. The summed E-state index contributed by atoms with van der Waals surface area (Å²) in [4.78, 5) is 0. The summed E-state index contributed by atoms with van der Waals surface area (Å²) in [6.45, 7) is 2.61. The third kappa shape index (κ3) is 3.27. The van der Waals surface area contributed by atoms with Crippen molar-refractivity contribution in [3.05, 3.63) is 64.7 Å². The van der Waals surface area contributed by atoms with E-state index in [1.54, 1.807) is 0 Å². The number of ether oxygens (including phenoxy) is 1. The molecule has 0 bridgehead atoms. The minimum atomic E-state index is -0.0813. The van der Waals surface area contributed by atoms with Gasteiger partial charge in [0.1, 0.15) is 12.4 Å². The topological polar surface area (TPSA) is 35.2 Å². The van der Waals surface area contributed by atoms with Crippen molar-refractivity contribution in [2.45, 2.75) is 38.6 Å². The Morgan fingerprint density at radius 2 is 1.81 bits per heavy atom. The van der Waals surface area contributed by atoms with E-state index in [4.69, 9.17) is 10.5 Å². The van der Waals surface area contributed by atoms with Gasteiger partial charge in [-0.15, -0.1) is 0 Å². The van der Waals surface area contributed by atoms with Gasteiger partial charge in [0.25, 0.3) is 0 Å². The van der Waals surface area contributed by atoms with Crippen LogP contribution in [0.3, 0.4) is 0 Å². The second-order valence-corrected chi connectivity index (χ2v) is 5.91. The average molecular weight is 281 g/mol. The number of rotatable bonds is 4. The molecule has 0 radical (unpaired) electrons. The molecular formula is C19H23NO. The van der Waals surface area contributed by atoms with Gasteiger partial charge in [-0.25, -0.2) is 0 Å². The molecule has 0 aromatic heterocycles. The molecule has 2 nitrogen and oxygen atoms in total. The molecule has 1 unspecified atom stereocenters. The molecule has 2 aromatic rings. The second-order valence-electron chi connectivity index (χ2n) is 5.91. The van der Waals surface area contributed by atoms with Gasteiger partial charge >= 0.3 is 0 Å². The Morgan fingerprint density at radius 1 is 1.05 bits per heavy atom. The maximum Gasteiger partial charge on any atom is 0.119 e. The smallest absolute Gasteiger partial charge is 0.119 e. The quantitative estimate of drug-likeness (QED) is 0.921. The molecule has 2 N–H and O–H groups in total. The predicted molar refractivity (Wildman–Crippen MR) is 86.7 cm³/mol. The normalized spacial score (nSPS) is 15.3. The van der Waals surface area contributed by atoms with Crippen LogP contribution in [0.2, 0.25) is 0 Å². The molecule has 1 atom stereocenters. The van der Waals surface area contributed by atoms with Crippen LogP contribution in [-0.2, 0) is 12.8 Å². The number of nitrogens with two attached hydrogens (primary N) is 1. The maximum absolute atomic E-state index is 6.26. The zero-order valence-electron chi connectivity index (χ0n) is 12.6. The summed E-state index contributed by atoms with van der Waals surface area (Å²) in [5.41, 5.74) is 11.6. The van der Waals surface area contributed by atoms with Crippen molar-refractivity contribution in [2.24, 2.45) is 5.73 Å². The lowest BCUT2D eigenvalue weighted by Crippen LogP contribution is -2.20. The molecule has 2 aromatic carbocycles. The molecule has 0 amide bonds. The van der Waals surface area contributed by atoms with Gasteiger partial charge in [0, 0.05) is 0 Å². The maximum atomic E-state index is 6.26. The van der Waals surface area contributed by atoms with E-state index in [2.05, 4.69) is 37.3 Å². The molecule has 0 aliphatic heterocycles. The molecule has 1 aliphatic rings. The molecule has 0 fully saturated rings. The van der Waals surface area contributed by atoms with Gasteiger partial charge in [-0.3, -0.25) is 0 Å². The number of fused-ring (bicyclic) bond motifs is 1.